The van der Waals surface area contributed by atoms with E-state index < -0.39 is 12.4 Å². The number of rotatable bonds is 1. The first-order valence-corrected chi connectivity index (χ1v) is 6.69. The fraction of sp³-hybridized carbons (Fsp3) is 0.533. The number of carbonyl (C=O) groups excluding carboxylic acids is 1. The van der Waals surface area contributed by atoms with Gasteiger partial charge < -0.3 is 14.6 Å². The van der Waals surface area contributed by atoms with Crippen LogP contribution in [-0.2, 0) is 11.2 Å². The Kier molecular flexibility index (Phi) is 2.87. The summed E-state index contributed by atoms with van der Waals surface area (Å²) >= 11 is 0. The molecule has 0 spiro atoms. The first-order valence-electron chi connectivity index (χ1n) is 6.69. The van der Waals surface area contributed by atoms with Gasteiger partial charge in [-0.15, -0.1) is 0 Å². The highest BCUT2D eigenvalue weighted by Crippen LogP contribution is 2.42. The Hall–Kier alpha value is -1.39. The fourth-order valence-electron chi connectivity index (χ4n) is 2.83. The van der Waals surface area contributed by atoms with Crippen molar-refractivity contribution in [2.75, 3.05) is 0 Å². The highest BCUT2D eigenvalue weighted by molar-refractivity contribution is 6.05. The number of hydrogen-bond acceptors (Lipinski definition) is 4. The smallest absolute Gasteiger partial charge is 0.207 e. The van der Waals surface area contributed by atoms with Gasteiger partial charge in [-0.1, -0.05) is 19.9 Å². The maximum atomic E-state index is 12.2. The lowest BCUT2D eigenvalue weighted by molar-refractivity contribution is -0.144. The van der Waals surface area contributed by atoms with Crippen molar-refractivity contribution in [1.29, 1.82) is 0 Å². The van der Waals surface area contributed by atoms with Crippen molar-refractivity contribution in [3.8, 4) is 5.75 Å². The van der Waals surface area contributed by atoms with Crippen LogP contribution in [0, 0.1) is 5.92 Å². The summed E-state index contributed by atoms with van der Waals surface area (Å²) in [4.78, 5) is 12.2. The van der Waals surface area contributed by atoms with Crippen molar-refractivity contribution in [2.45, 2.75) is 45.7 Å². The Morgan fingerprint density at radius 3 is 2.79 bits per heavy atom. The molecule has 19 heavy (non-hydrogen) atoms. The zero-order valence-electron chi connectivity index (χ0n) is 11.3. The van der Waals surface area contributed by atoms with Gasteiger partial charge in [0.25, 0.3) is 0 Å². The highest BCUT2D eigenvalue weighted by Gasteiger charge is 2.39. The number of aliphatic hydroxyl groups excluding tert-OH is 1. The minimum atomic E-state index is -1.01. The van der Waals surface area contributed by atoms with Crippen LogP contribution in [0.5, 0.6) is 5.75 Å². The second kappa shape index (κ2) is 4.32. The molecule has 2 aliphatic rings. The van der Waals surface area contributed by atoms with Crippen LogP contribution in [0.4, 0.5) is 0 Å². The van der Waals surface area contributed by atoms with Gasteiger partial charge in [0.2, 0.25) is 5.78 Å². The first kappa shape index (κ1) is 12.6. The van der Waals surface area contributed by atoms with Gasteiger partial charge in [-0.05, 0) is 30.9 Å². The second-order valence-electron chi connectivity index (χ2n) is 5.66. The van der Waals surface area contributed by atoms with Gasteiger partial charge in [0.1, 0.15) is 5.75 Å². The molecule has 2 heterocycles. The van der Waals surface area contributed by atoms with Crippen LogP contribution in [0.15, 0.2) is 12.1 Å². The molecule has 2 aliphatic heterocycles. The molecule has 0 aliphatic carbocycles. The molecule has 1 N–H and O–H groups in total. The predicted molar refractivity (Wildman–Crippen MR) is 69.2 cm³/mol. The third kappa shape index (κ3) is 1.86. The van der Waals surface area contributed by atoms with E-state index in [9.17, 15) is 9.90 Å². The summed E-state index contributed by atoms with van der Waals surface area (Å²) in [6.07, 6.45) is -0.761. The van der Waals surface area contributed by atoms with Crippen molar-refractivity contribution in [2.24, 2.45) is 5.92 Å². The first-order chi connectivity index (χ1) is 8.99. The van der Waals surface area contributed by atoms with Gasteiger partial charge in [-0.25, -0.2) is 0 Å². The van der Waals surface area contributed by atoms with E-state index >= 15 is 0 Å². The molecule has 102 valence electrons. The molecule has 1 aromatic rings. The number of fused-ring (bicyclic) bond motifs is 3. The Morgan fingerprint density at radius 1 is 1.37 bits per heavy atom. The van der Waals surface area contributed by atoms with Crippen LogP contribution in [0.25, 0.3) is 0 Å². The Morgan fingerprint density at radius 2 is 2.11 bits per heavy atom. The summed E-state index contributed by atoms with van der Waals surface area (Å²) in [5.74, 6) is 0.621. The predicted octanol–water partition coefficient (Wildman–Crippen LogP) is 2.24. The van der Waals surface area contributed by atoms with Gasteiger partial charge >= 0.3 is 0 Å². The molecule has 4 nitrogen and oxygen atoms in total. The molecule has 0 aromatic heterocycles. The quantitative estimate of drug-likeness (QED) is 0.843. The van der Waals surface area contributed by atoms with Gasteiger partial charge in [-0.3, -0.25) is 4.79 Å². The molecule has 0 saturated carbocycles. The van der Waals surface area contributed by atoms with Crippen molar-refractivity contribution < 1.29 is 19.4 Å². The summed E-state index contributed by atoms with van der Waals surface area (Å²) in [6, 6.07) is 3.71. The summed E-state index contributed by atoms with van der Waals surface area (Å²) in [7, 11) is 0. The van der Waals surface area contributed by atoms with Crippen LogP contribution in [0.1, 0.15) is 48.5 Å². The summed E-state index contributed by atoms with van der Waals surface area (Å²) < 4.78 is 11.2. The number of Topliss-reactive ketones (excluding diaryl/α,β-unsaturated/α-hetero) is 1. The Labute approximate surface area is 112 Å². The van der Waals surface area contributed by atoms with Gasteiger partial charge in [-0.2, -0.15) is 0 Å². The number of ether oxygens (including phenoxy) is 2. The molecular weight excluding hydrogens is 244 g/mol. The molecule has 3 rings (SSSR count). The average molecular weight is 262 g/mol. The van der Waals surface area contributed by atoms with E-state index in [1.165, 1.54) is 0 Å². The zero-order chi connectivity index (χ0) is 13.7. The molecule has 0 saturated heterocycles. The molecule has 3 atom stereocenters. The summed E-state index contributed by atoms with van der Waals surface area (Å²) in [5.41, 5.74) is 2.20. The van der Waals surface area contributed by atoms with E-state index in [4.69, 9.17) is 9.47 Å². The third-order valence-electron chi connectivity index (χ3n) is 3.78. The monoisotopic (exact) mass is 262 g/mol. The normalized spacial score (nSPS) is 29.1. The van der Waals surface area contributed by atoms with E-state index in [-0.39, 0.29) is 17.8 Å². The number of hydrogen-bond donors (Lipinski definition) is 1. The van der Waals surface area contributed by atoms with Crippen molar-refractivity contribution in [1.82, 2.24) is 0 Å². The summed E-state index contributed by atoms with van der Waals surface area (Å²) in [5, 5.41) is 10.1. The van der Waals surface area contributed by atoms with Crippen molar-refractivity contribution >= 4 is 5.78 Å². The molecule has 0 bridgehead atoms. The zero-order valence-corrected chi connectivity index (χ0v) is 11.3. The molecular formula is C15H18O4. The topological polar surface area (TPSA) is 55.8 Å². The number of carbonyl (C=O) groups is 1. The lowest BCUT2D eigenvalue weighted by atomic mass is 9.93. The molecule has 0 fully saturated rings. The minimum Gasteiger partial charge on any atom is -0.481 e. The Balaban J connectivity index is 2.09. The van der Waals surface area contributed by atoms with Gasteiger partial charge in [0, 0.05) is 0 Å². The minimum absolute atomic E-state index is 0.00128. The molecule has 0 unspecified atom stereocenters. The van der Waals surface area contributed by atoms with Crippen LogP contribution >= 0.6 is 0 Å². The SMILES string of the molecule is CC(C)[C@H]1Oc2c(ccc3c2[C@@H](O)O[C@H](C)C3)C1=O. The number of benzene rings is 1. The maximum absolute atomic E-state index is 12.2. The molecule has 4 heteroatoms. The van der Waals surface area contributed by atoms with Gasteiger partial charge in [0.15, 0.2) is 12.4 Å². The second-order valence-corrected chi connectivity index (χ2v) is 5.66. The molecule has 0 amide bonds. The standard InChI is InChI=1S/C15H18O4/c1-7(2)13-12(16)10-5-4-9-6-8(3)18-15(17)11(9)14(10)19-13/h4-5,7-8,13,15,17H,6H2,1-3H3/t8-,13-,15+/m1/s1. The lowest BCUT2D eigenvalue weighted by Gasteiger charge is -2.28. The van der Waals surface area contributed by atoms with E-state index in [0.717, 1.165) is 12.0 Å². The van der Waals surface area contributed by atoms with E-state index in [1.54, 1.807) is 0 Å². The van der Waals surface area contributed by atoms with Crippen molar-refractivity contribution in [3.05, 3.63) is 28.8 Å². The van der Waals surface area contributed by atoms with Crippen molar-refractivity contribution in [3.63, 3.8) is 0 Å². The maximum Gasteiger partial charge on any atom is 0.207 e. The Bertz CT molecular complexity index is 535. The number of aliphatic hydroxyl groups is 1. The number of ketones is 1. The largest absolute Gasteiger partial charge is 0.481 e. The van der Waals surface area contributed by atoms with Gasteiger partial charge in [0.05, 0.1) is 17.2 Å². The van der Waals surface area contributed by atoms with E-state index in [0.29, 0.717) is 16.9 Å². The van der Waals surface area contributed by atoms with E-state index in [1.807, 2.05) is 32.9 Å². The van der Waals surface area contributed by atoms with Crippen LogP contribution < -0.4 is 4.74 Å². The molecule has 1 aromatic carbocycles. The van der Waals surface area contributed by atoms with E-state index in [2.05, 4.69) is 0 Å². The van der Waals surface area contributed by atoms with Crippen LogP contribution in [-0.4, -0.2) is 23.1 Å². The highest BCUT2D eigenvalue weighted by atomic mass is 16.6. The average Bonchev–Trinajstić information content (AvgIpc) is 2.66. The third-order valence-corrected chi connectivity index (χ3v) is 3.78. The van der Waals surface area contributed by atoms with Crippen LogP contribution in [0.3, 0.4) is 0 Å². The lowest BCUT2D eigenvalue weighted by Crippen LogP contribution is -2.27. The summed E-state index contributed by atoms with van der Waals surface area (Å²) in [6.45, 7) is 5.83. The fourth-order valence-corrected chi connectivity index (χ4v) is 2.83. The molecule has 0 radical (unpaired) electrons. The van der Waals surface area contributed by atoms with Crippen LogP contribution in [0.2, 0.25) is 0 Å².